The van der Waals surface area contributed by atoms with Crippen LogP contribution in [0.5, 0.6) is 5.75 Å². The Bertz CT molecular complexity index is 524. The van der Waals surface area contributed by atoms with E-state index in [2.05, 4.69) is 0 Å². The van der Waals surface area contributed by atoms with Gasteiger partial charge in [0.25, 0.3) is 0 Å². The molecule has 1 aromatic carbocycles. The minimum Gasteiger partial charge on any atom is -0.494 e. The number of carbonyl (C=O) groups is 1. The SMILES string of the molecule is COc1ccc(CN(C)C(=O)CN2CCCC2CO)cc1F. The number of ether oxygens (including phenoxy) is 1. The van der Waals surface area contributed by atoms with Crippen LogP contribution in [0.2, 0.25) is 0 Å². The van der Waals surface area contributed by atoms with Gasteiger partial charge in [0.15, 0.2) is 11.6 Å². The summed E-state index contributed by atoms with van der Waals surface area (Å²) < 4.78 is 18.5. The predicted octanol–water partition coefficient (Wildman–Crippen LogP) is 1.25. The number of carbonyl (C=O) groups excluding carboxylic acids is 1. The van der Waals surface area contributed by atoms with Gasteiger partial charge in [-0.25, -0.2) is 4.39 Å². The zero-order chi connectivity index (χ0) is 16.1. The van der Waals surface area contributed by atoms with E-state index in [0.717, 1.165) is 19.4 Å². The lowest BCUT2D eigenvalue weighted by atomic mass is 10.2. The lowest BCUT2D eigenvalue weighted by molar-refractivity contribution is -0.132. The molecule has 1 aliphatic rings. The van der Waals surface area contributed by atoms with E-state index >= 15 is 0 Å². The summed E-state index contributed by atoms with van der Waals surface area (Å²) in [5, 5.41) is 9.28. The van der Waals surface area contributed by atoms with Gasteiger partial charge in [-0.15, -0.1) is 0 Å². The Morgan fingerprint density at radius 1 is 1.55 bits per heavy atom. The van der Waals surface area contributed by atoms with Gasteiger partial charge in [0.05, 0.1) is 20.3 Å². The van der Waals surface area contributed by atoms with Crippen molar-refractivity contribution in [3.63, 3.8) is 0 Å². The molecule has 0 aliphatic carbocycles. The lowest BCUT2D eigenvalue weighted by Crippen LogP contribution is -2.41. The average Bonchev–Trinajstić information content (AvgIpc) is 2.94. The molecule has 0 radical (unpaired) electrons. The molecule has 22 heavy (non-hydrogen) atoms. The summed E-state index contributed by atoms with van der Waals surface area (Å²) in [5.74, 6) is -0.266. The van der Waals surface area contributed by atoms with Gasteiger partial charge < -0.3 is 14.7 Å². The number of halogens is 1. The Labute approximate surface area is 130 Å². The summed E-state index contributed by atoms with van der Waals surface area (Å²) >= 11 is 0. The van der Waals surface area contributed by atoms with E-state index in [9.17, 15) is 14.3 Å². The molecule has 1 heterocycles. The van der Waals surface area contributed by atoms with Crippen molar-refractivity contribution >= 4 is 5.91 Å². The topological polar surface area (TPSA) is 53.0 Å². The van der Waals surface area contributed by atoms with Gasteiger partial charge in [0.2, 0.25) is 5.91 Å². The first-order chi connectivity index (χ1) is 10.5. The van der Waals surface area contributed by atoms with Gasteiger partial charge in [-0.3, -0.25) is 9.69 Å². The molecule has 122 valence electrons. The Balaban J connectivity index is 1.92. The Hall–Kier alpha value is -1.66. The molecule has 0 bridgehead atoms. The molecule has 1 N–H and O–H groups in total. The fraction of sp³-hybridized carbons (Fsp3) is 0.562. The molecule has 6 heteroatoms. The van der Waals surface area contributed by atoms with E-state index in [-0.39, 0.29) is 24.3 Å². The molecular weight excluding hydrogens is 287 g/mol. The molecule has 1 fully saturated rings. The lowest BCUT2D eigenvalue weighted by Gasteiger charge is -2.25. The van der Waals surface area contributed by atoms with Gasteiger partial charge in [-0.05, 0) is 37.1 Å². The molecule has 1 amide bonds. The van der Waals surface area contributed by atoms with E-state index in [4.69, 9.17) is 4.74 Å². The molecule has 5 nitrogen and oxygen atoms in total. The van der Waals surface area contributed by atoms with Crippen molar-refractivity contribution in [3.05, 3.63) is 29.6 Å². The number of hydrogen-bond acceptors (Lipinski definition) is 4. The molecule has 1 aromatic rings. The third-order valence-corrected chi connectivity index (χ3v) is 4.11. The van der Waals surface area contributed by atoms with Gasteiger partial charge in [-0.2, -0.15) is 0 Å². The molecule has 1 unspecified atom stereocenters. The van der Waals surface area contributed by atoms with E-state index < -0.39 is 5.82 Å². The Morgan fingerprint density at radius 2 is 2.32 bits per heavy atom. The largest absolute Gasteiger partial charge is 0.494 e. The van der Waals surface area contributed by atoms with E-state index in [1.165, 1.54) is 13.2 Å². The van der Waals surface area contributed by atoms with Crippen LogP contribution in [-0.4, -0.2) is 60.7 Å². The summed E-state index contributed by atoms with van der Waals surface area (Å²) in [7, 11) is 3.12. The van der Waals surface area contributed by atoms with Gasteiger partial charge in [0.1, 0.15) is 0 Å². The van der Waals surface area contributed by atoms with Crippen LogP contribution in [0.15, 0.2) is 18.2 Å². The third-order valence-electron chi connectivity index (χ3n) is 4.11. The number of nitrogens with zero attached hydrogens (tertiary/aromatic N) is 2. The highest BCUT2D eigenvalue weighted by Gasteiger charge is 2.26. The Kier molecular flexibility index (Phi) is 5.74. The fourth-order valence-electron chi connectivity index (χ4n) is 2.77. The highest BCUT2D eigenvalue weighted by atomic mass is 19.1. The van der Waals surface area contributed by atoms with Crippen molar-refractivity contribution in [2.24, 2.45) is 0 Å². The number of hydrogen-bond donors (Lipinski definition) is 1. The van der Waals surface area contributed by atoms with Crippen LogP contribution in [0.1, 0.15) is 18.4 Å². The normalized spacial score (nSPS) is 18.5. The van der Waals surface area contributed by atoms with Crippen LogP contribution >= 0.6 is 0 Å². The number of benzene rings is 1. The van der Waals surface area contributed by atoms with Crippen molar-refractivity contribution in [1.29, 1.82) is 0 Å². The Morgan fingerprint density at radius 3 is 2.95 bits per heavy atom. The second-order valence-electron chi connectivity index (χ2n) is 5.67. The monoisotopic (exact) mass is 310 g/mol. The number of likely N-dealkylation sites (N-methyl/N-ethyl adjacent to an activating group) is 1. The number of amides is 1. The van der Waals surface area contributed by atoms with Crippen LogP contribution < -0.4 is 4.74 Å². The molecule has 1 aliphatic heterocycles. The van der Waals surface area contributed by atoms with Crippen LogP contribution in [0.3, 0.4) is 0 Å². The first-order valence-electron chi connectivity index (χ1n) is 7.46. The van der Waals surface area contributed by atoms with Crippen LogP contribution in [0.4, 0.5) is 4.39 Å². The second kappa shape index (κ2) is 7.56. The molecule has 0 saturated carbocycles. The van der Waals surface area contributed by atoms with E-state index in [1.54, 1.807) is 24.1 Å². The van der Waals surface area contributed by atoms with Crippen molar-refractivity contribution in [1.82, 2.24) is 9.80 Å². The first-order valence-corrected chi connectivity index (χ1v) is 7.46. The molecule has 1 atom stereocenters. The fourth-order valence-corrected chi connectivity index (χ4v) is 2.77. The summed E-state index contributed by atoms with van der Waals surface area (Å²) in [5.41, 5.74) is 0.717. The molecular formula is C16H23FN2O3. The van der Waals surface area contributed by atoms with Crippen molar-refractivity contribution < 1.29 is 19.0 Å². The number of aliphatic hydroxyl groups is 1. The van der Waals surface area contributed by atoms with E-state index in [0.29, 0.717) is 18.7 Å². The average molecular weight is 310 g/mol. The number of aliphatic hydroxyl groups excluding tert-OH is 1. The minimum atomic E-state index is -0.430. The van der Waals surface area contributed by atoms with Crippen molar-refractivity contribution in [2.75, 3.05) is 33.9 Å². The van der Waals surface area contributed by atoms with Crippen LogP contribution in [-0.2, 0) is 11.3 Å². The summed E-state index contributed by atoms with van der Waals surface area (Å²) in [4.78, 5) is 15.8. The highest BCUT2D eigenvalue weighted by Crippen LogP contribution is 2.19. The van der Waals surface area contributed by atoms with Gasteiger partial charge >= 0.3 is 0 Å². The van der Waals surface area contributed by atoms with Crippen molar-refractivity contribution in [2.45, 2.75) is 25.4 Å². The van der Waals surface area contributed by atoms with Crippen LogP contribution in [0.25, 0.3) is 0 Å². The number of rotatable bonds is 6. The van der Waals surface area contributed by atoms with Gasteiger partial charge in [-0.1, -0.05) is 6.07 Å². The van der Waals surface area contributed by atoms with Gasteiger partial charge in [0, 0.05) is 19.6 Å². The quantitative estimate of drug-likeness (QED) is 0.859. The molecule has 0 spiro atoms. The maximum Gasteiger partial charge on any atom is 0.236 e. The third kappa shape index (κ3) is 3.96. The predicted molar refractivity (Wildman–Crippen MR) is 81.1 cm³/mol. The van der Waals surface area contributed by atoms with E-state index in [1.807, 2.05) is 4.90 Å². The molecule has 0 aromatic heterocycles. The minimum absolute atomic E-state index is 0.0309. The molecule has 1 saturated heterocycles. The molecule has 2 rings (SSSR count). The highest BCUT2D eigenvalue weighted by molar-refractivity contribution is 5.78. The maximum atomic E-state index is 13.7. The number of methoxy groups -OCH3 is 1. The second-order valence-corrected chi connectivity index (χ2v) is 5.67. The zero-order valence-corrected chi connectivity index (χ0v) is 13.1. The maximum absolute atomic E-state index is 13.7. The van der Waals surface area contributed by atoms with Crippen molar-refractivity contribution in [3.8, 4) is 5.75 Å². The van der Waals surface area contributed by atoms with Crippen LogP contribution in [0, 0.1) is 5.82 Å². The first kappa shape index (κ1) is 16.7. The summed E-state index contributed by atoms with van der Waals surface area (Å²) in [6, 6.07) is 4.77. The zero-order valence-electron chi connectivity index (χ0n) is 13.1. The number of likely N-dealkylation sites (tertiary alicyclic amines) is 1. The summed E-state index contributed by atoms with van der Waals surface area (Å²) in [6.45, 7) is 1.56. The smallest absolute Gasteiger partial charge is 0.236 e. The summed E-state index contributed by atoms with van der Waals surface area (Å²) in [6.07, 6.45) is 1.93. The standard InChI is InChI=1S/C16H23FN2O3/c1-18(9-12-5-6-15(22-2)14(17)8-12)16(21)10-19-7-3-4-13(19)11-20/h5-6,8,13,20H,3-4,7,9-11H2,1-2H3.